The Kier molecular flexibility index (Phi) is 8.80. The summed E-state index contributed by atoms with van der Waals surface area (Å²) in [5.41, 5.74) is 12.6. The molecule has 0 spiro atoms. The van der Waals surface area contributed by atoms with Gasteiger partial charge < -0.3 is 4.57 Å². The molecule has 274 valence electrons. The molecule has 3 aromatic heterocycles. The molecule has 10 aromatic rings. The molecular formula is C52H31N7. The Morgan fingerprint density at radius 3 is 1.37 bits per heavy atom. The van der Waals surface area contributed by atoms with E-state index in [1.165, 1.54) is 0 Å². The summed E-state index contributed by atoms with van der Waals surface area (Å²) in [5.74, 6) is 1.69. The Morgan fingerprint density at radius 1 is 0.390 bits per heavy atom. The van der Waals surface area contributed by atoms with E-state index >= 15 is 0 Å². The van der Waals surface area contributed by atoms with Gasteiger partial charge in [-0.15, -0.1) is 0 Å². The lowest BCUT2D eigenvalue weighted by molar-refractivity contribution is 1.07. The number of hydrogen-bond donors (Lipinski definition) is 0. The summed E-state index contributed by atoms with van der Waals surface area (Å²) in [5, 5.41) is 21.0. The summed E-state index contributed by atoms with van der Waals surface area (Å²) in [6.45, 7) is 0. The third-order valence-corrected chi connectivity index (χ3v) is 10.6. The molecule has 0 fully saturated rings. The van der Waals surface area contributed by atoms with Crippen molar-refractivity contribution < 1.29 is 0 Å². The van der Waals surface area contributed by atoms with Crippen LogP contribution in [0.25, 0.3) is 95.2 Å². The minimum Gasteiger partial charge on any atom is -0.309 e. The van der Waals surface area contributed by atoms with Gasteiger partial charge in [0, 0.05) is 44.9 Å². The van der Waals surface area contributed by atoms with Gasteiger partial charge in [0.1, 0.15) is 0 Å². The number of fused-ring (bicyclic) bond motifs is 3. The lowest BCUT2D eigenvalue weighted by Crippen LogP contribution is -2.02. The van der Waals surface area contributed by atoms with Gasteiger partial charge in [-0.3, -0.25) is 4.98 Å². The van der Waals surface area contributed by atoms with Crippen LogP contribution in [0.1, 0.15) is 11.1 Å². The zero-order valence-corrected chi connectivity index (χ0v) is 31.5. The molecule has 7 nitrogen and oxygen atoms in total. The molecule has 0 radical (unpaired) electrons. The SMILES string of the molecule is N#Cc1ccc(-c2ccc3c(c2)c2cc(-c4ccc(C#N)cc4)ccc2n3-c2ccc(-c3ccccn3)c(-c3nc(-c4ccccc4)nc(-c4ccccc4)n3)c2)cc1. The Morgan fingerprint density at radius 2 is 0.881 bits per heavy atom. The molecule has 3 heterocycles. The second kappa shape index (κ2) is 14.9. The quantitative estimate of drug-likeness (QED) is 0.160. The lowest BCUT2D eigenvalue weighted by Gasteiger charge is -2.15. The molecule has 0 aliphatic heterocycles. The van der Waals surface area contributed by atoms with Gasteiger partial charge in [-0.2, -0.15) is 10.5 Å². The highest BCUT2D eigenvalue weighted by Crippen LogP contribution is 2.40. The van der Waals surface area contributed by atoms with E-state index in [2.05, 4.69) is 71.3 Å². The molecule has 0 saturated carbocycles. The molecule has 7 heteroatoms. The molecule has 0 saturated heterocycles. The van der Waals surface area contributed by atoms with Gasteiger partial charge in [-0.25, -0.2) is 15.0 Å². The fourth-order valence-electron chi connectivity index (χ4n) is 7.67. The van der Waals surface area contributed by atoms with Crippen LogP contribution in [0.15, 0.2) is 188 Å². The number of pyridine rings is 1. The van der Waals surface area contributed by atoms with Crippen molar-refractivity contribution in [2.45, 2.75) is 0 Å². The molecule has 0 unspecified atom stereocenters. The number of aromatic nitrogens is 5. The van der Waals surface area contributed by atoms with Gasteiger partial charge in [0.15, 0.2) is 17.5 Å². The standard InChI is InChI=1S/C52H31N7/c53-32-34-14-18-36(19-15-34)40-22-26-48-44(29-40)45-30-41(37-20-16-35(33-54)17-21-37)23-27-49(45)59(48)42-24-25-43(47-13-7-8-28-55-47)46(31-42)52-57-50(38-9-3-1-4-10-38)56-51(58-52)39-11-5-2-6-12-39/h1-31H. The van der Waals surface area contributed by atoms with Crippen LogP contribution in [0.5, 0.6) is 0 Å². The van der Waals surface area contributed by atoms with E-state index in [0.717, 1.165) is 77.7 Å². The van der Waals surface area contributed by atoms with Crippen molar-refractivity contribution in [1.82, 2.24) is 24.5 Å². The summed E-state index contributed by atoms with van der Waals surface area (Å²) < 4.78 is 2.29. The van der Waals surface area contributed by atoms with Crippen molar-refractivity contribution in [2.75, 3.05) is 0 Å². The van der Waals surface area contributed by atoms with Gasteiger partial charge in [0.25, 0.3) is 0 Å². The number of hydrogen-bond acceptors (Lipinski definition) is 6. The molecule has 0 amide bonds. The maximum atomic E-state index is 9.44. The Hall–Kier alpha value is -8.52. The number of nitriles is 2. The summed E-state index contributed by atoms with van der Waals surface area (Å²) in [6, 6.07) is 65.2. The van der Waals surface area contributed by atoms with Crippen molar-refractivity contribution in [3.63, 3.8) is 0 Å². The smallest absolute Gasteiger partial charge is 0.164 e. The Bertz CT molecular complexity index is 3080. The van der Waals surface area contributed by atoms with Crippen LogP contribution < -0.4 is 0 Å². The highest BCUT2D eigenvalue weighted by molar-refractivity contribution is 6.11. The third-order valence-electron chi connectivity index (χ3n) is 10.6. The second-order valence-electron chi connectivity index (χ2n) is 14.2. The molecule has 0 aliphatic carbocycles. The van der Waals surface area contributed by atoms with E-state index in [1.54, 1.807) is 6.20 Å². The van der Waals surface area contributed by atoms with Crippen LogP contribution in [0.3, 0.4) is 0 Å². The molecule has 59 heavy (non-hydrogen) atoms. The summed E-state index contributed by atoms with van der Waals surface area (Å²) >= 11 is 0. The normalized spacial score (nSPS) is 11.0. The van der Waals surface area contributed by atoms with Gasteiger partial charge in [-0.1, -0.05) is 103 Å². The minimum atomic E-state index is 0.534. The third kappa shape index (κ3) is 6.55. The molecule has 0 atom stereocenters. The van der Waals surface area contributed by atoms with Gasteiger partial charge in [0.05, 0.1) is 40.0 Å². The van der Waals surface area contributed by atoms with E-state index in [1.807, 2.05) is 127 Å². The molecule has 10 rings (SSSR count). The van der Waals surface area contributed by atoms with Crippen LogP contribution in [0, 0.1) is 22.7 Å². The highest BCUT2D eigenvalue weighted by atomic mass is 15.0. The van der Waals surface area contributed by atoms with Crippen LogP contribution in [-0.4, -0.2) is 24.5 Å². The fraction of sp³-hybridized carbons (Fsp3) is 0. The highest BCUT2D eigenvalue weighted by Gasteiger charge is 2.20. The molecule has 7 aromatic carbocycles. The van der Waals surface area contributed by atoms with E-state index < -0.39 is 0 Å². The zero-order chi connectivity index (χ0) is 39.7. The molecular weight excluding hydrogens is 723 g/mol. The molecule has 0 aliphatic rings. The zero-order valence-electron chi connectivity index (χ0n) is 31.5. The monoisotopic (exact) mass is 753 g/mol. The Labute approximate surface area is 340 Å². The van der Waals surface area contributed by atoms with Crippen LogP contribution in [-0.2, 0) is 0 Å². The average molecular weight is 754 g/mol. The largest absolute Gasteiger partial charge is 0.309 e. The summed E-state index contributed by atoms with van der Waals surface area (Å²) in [6.07, 6.45) is 1.80. The van der Waals surface area contributed by atoms with Crippen LogP contribution in [0.2, 0.25) is 0 Å². The molecule has 0 N–H and O–H groups in total. The van der Waals surface area contributed by atoms with Gasteiger partial charge in [-0.05, 0) is 101 Å². The second-order valence-corrected chi connectivity index (χ2v) is 14.2. The first-order valence-electron chi connectivity index (χ1n) is 19.2. The average Bonchev–Trinajstić information content (AvgIpc) is 3.65. The van der Waals surface area contributed by atoms with Crippen molar-refractivity contribution in [3.05, 3.63) is 199 Å². The molecule has 0 bridgehead atoms. The van der Waals surface area contributed by atoms with Crippen molar-refractivity contribution in [1.29, 1.82) is 10.5 Å². The van der Waals surface area contributed by atoms with E-state index in [-0.39, 0.29) is 0 Å². The predicted molar refractivity (Wildman–Crippen MR) is 234 cm³/mol. The predicted octanol–water partition coefficient (Wildman–Crippen LogP) is 12.1. The van der Waals surface area contributed by atoms with Crippen LogP contribution >= 0.6 is 0 Å². The maximum absolute atomic E-state index is 9.44. The topological polar surface area (TPSA) is 104 Å². The number of rotatable bonds is 7. The van der Waals surface area contributed by atoms with E-state index in [4.69, 9.17) is 19.9 Å². The number of nitrogens with zero attached hydrogens (tertiary/aromatic N) is 7. The Balaban J connectivity index is 1.22. The minimum absolute atomic E-state index is 0.534. The van der Waals surface area contributed by atoms with Crippen molar-refractivity contribution in [3.8, 4) is 85.5 Å². The first-order valence-corrected chi connectivity index (χ1v) is 19.2. The first-order chi connectivity index (χ1) is 29.1. The van der Waals surface area contributed by atoms with Crippen molar-refractivity contribution in [2.24, 2.45) is 0 Å². The fourth-order valence-corrected chi connectivity index (χ4v) is 7.67. The van der Waals surface area contributed by atoms with Gasteiger partial charge >= 0.3 is 0 Å². The van der Waals surface area contributed by atoms with Crippen LogP contribution in [0.4, 0.5) is 0 Å². The van der Waals surface area contributed by atoms with Gasteiger partial charge in [0.2, 0.25) is 0 Å². The van der Waals surface area contributed by atoms with E-state index in [9.17, 15) is 10.5 Å². The van der Waals surface area contributed by atoms with E-state index in [0.29, 0.717) is 28.6 Å². The summed E-state index contributed by atoms with van der Waals surface area (Å²) in [4.78, 5) is 20.0. The first kappa shape index (κ1) is 34.9. The number of benzene rings is 7. The summed E-state index contributed by atoms with van der Waals surface area (Å²) in [7, 11) is 0. The maximum Gasteiger partial charge on any atom is 0.164 e. The van der Waals surface area contributed by atoms with Crippen molar-refractivity contribution >= 4 is 21.8 Å². The lowest BCUT2D eigenvalue weighted by atomic mass is 9.99.